The lowest BCUT2D eigenvalue weighted by molar-refractivity contribution is -0.307. The van der Waals surface area contributed by atoms with Crippen LogP contribution in [0.15, 0.2) is 23.8 Å². The van der Waals surface area contributed by atoms with Crippen molar-refractivity contribution >= 4 is 29.9 Å². The fourth-order valence-corrected chi connectivity index (χ4v) is 1.96. The Kier molecular flexibility index (Phi) is 5.15. The van der Waals surface area contributed by atoms with Gasteiger partial charge >= 0.3 is 6.03 Å². The molecule has 0 aromatic heterocycles. The lowest BCUT2D eigenvalue weighted by Crippen LogP contribution is -2.51. The Morgan fingerprint density at radius 2 is 1.83 bits per heavy atom. The molecule has 0 radical (unpaired) electrons. The number of barbiturate groups is 1. The van der Waals surface area contributed by atoms with E-state index in [0.29, 0.717) is 0 Å². The second kappa shape index (κ2) is 7.27. The molecular weight excluding hydrogens is 320 g/mol. The van der Waals surface area contributed by atoms with Gasteiger partial charge in [0.15, 0.2) is 11.5 Å². The monoisotopic (exact) mass is 333 g/mol. The fraction of sp³-hybridized carbons (Fsp3) is 0.200. The molecule has 1 heterocycles. The van der Waals surface area contributed by atoms with Gasteiger partial charge in [0.2, 0.25) is 0 Å². The molecule has 1 aliphatic rings. The summed E-state index contributed by atoms with van der Waals surface area (Å²) in [5.74, 6) is -2.93. The summed E-state index contributed by atoms with van der Waals surface area (Å²) in [6, 6.07) is 3.70. The second-order valence-corrected chi connectivity index (χ2v) is 4.56. The minimum absolute atomic E-state index is 0.0357. The van der Waals surface area contributed by atoms with Crippen LogP contribution in [0, 0.1) is 0 Å². The van der Waals surface area contributed by atoms with Crippen molar-refractivity contribution in [3.63, 3.8) is 0 Å². The van der Waals surface area contributed by atoms with Crippen LogP contribution in [0.25, 0.3) is 6.08 Å². The molecule has 24 heavy (non-hydrogen) atoms. The van der Waals surface area contributed by atoms with Crippen molar-refractivity contribution in [1.29, 1.82) is 0 Å². The normalized spacial score (nSPS) is 13.9. The predicted octanol–water partition coefficient (Wildman–Crippen LogP) is -1.04. The van der Waals surface area contributed by atoms with Gasteiger partial charge in [0.1, 0.15) is 12.2 Å². The van der Waals surface area contributed by atoms with Crippen LogP contribution in [0.1, 0.15) is 12.5 Å². The molecule has 0 unspecified atom stereocenters. The highest BCUT2D eigenvalue weighted by Gasteiger charge is 2.28. The zero-order chi connectivity index (χ0) is 17.7. The number of amides is 4. The molecule has 9 nitrogen and oxygen atoms in total. The average molecular weight is 333 g/mol. The molecule has 1 aliphatic heterocycles. The van der Waals surface area contributed by atoms with Crippen LogP contribution < -0.4 is 25.2 Å². The number of imide groups is 2. The van der Waals surface area contributed by atoms with Crippen LogP contribution in [0.4, 0.5) is 4.79 Å². The summed E-state index contributed by atoms with van der Waals surface area (Å²) in [5, 5.41) is 14.5. The van der Waals surface area contributed by atoms with E-state index in [4.69, 9.17) is 9.47 Å². The van der Waals surface area contributed by atoms with Gasteiger partial charge < -0.3 is 19.4 Å². The summed E-state index contributed by atoms with van der Waals surface area (Å²) < 4.78 is 10.5. The minimum Gasteiger partial charge on any atom is -0.546 e. The Balaban J connectivity index is 2.44. The van der Waals surface area contributed by atoms with Gasteiger partial charge in [0.25, 0.3) is 11.8 Å². The number of carbonyl (C=O) groups excluding carboxylic acids is 4. The van der Waals surface area contributed by atoms with Crippen LogP contribution in [0.5, 0.6) is 11.5 Å². The molecule has 1 aromatic carbocycles. The Morgan fingerprint density at radius 3 is 2.42 bits per heavy atom. The molecule has 126 valence electrons. The largest absolute Gasteiger partial charge is 0.546 e. The summed E-state index contributed by atoms with van der Waals surface area (Å²) >= 11 is 0. The summed E-state index contributed by atoms with van der Waals surface area (Å²) in [6.07, 6.45) is 1.17. The van der Waals surface area contributed by atoms with Crippen molar-refractivity contribution in [3.05, 3.63) is 29.3 Å². The van der Waals surface area contributed by atoms with E-state index in [1.165, 1.54) is 12.1 Å². The van der Waals surface area contributed by atoms with E-state index in [1.54, 1.807) is 19.1 Å². The lowest BCUT2D eigenvalue weighted by Gasteiger charge is -2.17. The molecule has 0 atom stereocenters. The van der Waals surface area contributed by atoms with Crippen molar-refractivity contribution in [2.75, 3.05) is 13.2 Å². The van der Waals surface area contributed by atoms with E-state index in [0.717, 1.165) is 0 Å². The third kappa shape index (κ3) is 3.88. The van der Waals surface area contributed by atoms with Gasteiger partial charge in [0.05, 0.1) is 12.6 Å². The lowest BCUT2D eigenvalue weighted by atomic mass is 10.1. The molecule has 4 amide bonds. The number of nitrogens with one attached hydrogen (secondary N) is 2. The average Bonchev–Trinajstić information content (AvgIpc) is 2.50. The van der Waals surface area contributed by atoms with Crippen molar-refractivity contribution in [2.24, 2.45) is 0 Å². The van der Waals surface area contributed by atoms with E-state index < -0.39 is 30.4 Å². The van der Waals surface area contributed by atoms with Crippen molar-refractivity contribution in [3.8, 4) is 11.5 Å². The number of ether oxygens (including phenoxy) is 2. The standard InChI is InChI=1S/C15H14N2O7/c1-2-23-10-5-3-4-8(12(10)24-7-11(18)19)6-9-13(20)16-15(22)17-14(9)21/h3-6H,2,7H2,1H3,(H,18,19)(H2,16,17,20,21,22)/p-1. The van der Waals surface area contributed by atoms with Crippen LogP contribution in [-0.2, 0) is 14.4 Å². The quantitative estimate of drug-likeness (QED) is 0.502. The SMILES string of the molecule is CCOc1cccc(C=C2C(=O)NC(=O)NC2=O)c1OCC(=O)[O-]. The highest BCUT2D eigenvalue weighted by molar-refractivity contribution is 6.31. The molecule has 2 rings (SSSR count). The topological polar surface area (TPSA) is 134 Å². The van der Waals surface area contributed by atoms with Crippen LogP contribution >= 0.6 is 0 Å². The Bertz CT molecular complexity index is 717. The zero-order valence-corrected chi connectivity index (χ0v) is 12.6. The third-order valence-electron chi connectivity index (χ3n) is 2.89. The molecule has 9 heteroatoms. The van der Waals surface area contributed by atoms with Gasteiger partial charge in [-0.3, -0.25) is 20.2 Å². The summed E-state index contributed by atoms with van der Waals surface area (Å²) in [4.78, 5) is 45.2. The molecule has 0 saturated carbocycles. The van der Waals surface area contributed by atoms with E-state index in [-0.39, 0.29) is 29.2 Å². The maximum atomic E-state index is 11.8. The minimum atomic E-state index is -1.45. The third-order valence-corrected chi connectivity index (χ3v) is 2.89. The van der Waals surface area contributed by atoms with E-state index >= 15 is 0 Å². The number of para-hydroxylation sites is 1. The number of hydrogen-bond donors (Lipinski definition) is 2. The van der Waals surface area contributed by atoms with Gasteiger partial charge in [-0.05, 0) is 19.1 Å². The molecule has 1 fully saturated rings. The Labute approximate surface area is 136 Å². The molecule has 0 aliphatic carbocycles. The highest BCUT2D eigenvalue weighted by atomic mass is 16.5. The summed E-state index contributed by atoms with van der Waals surface area (Å²) in [5.41, 5.74) is -0.0987. The smallest absolute Gasteiger partial charge is 0.328 e. The first kappa shape index (κ1) is 17.0. The second-order valence-electron chi connectivity index (χ2n) is 4.56. The molecular formula is C15H13N2O7-. The van der Waals surface area contributed by atoms with Gasteiger partial charge in [-0.15, -0.1) is 0 Å². The highest BCUT2D eigenvalue weighted by Crippen LogP contribution is 2.33. The fourth-order valence-electron chi connectivity index (χ4n) is 1.96. The Morgan fingerprint density at radius 1 is 1.17 bits per heavy atom. The number of aliphatic carboxylic acids is 1. The number of rotatable bonds is 6. The number of benzene rings is 1. The zero-order valence-electron chi connectivity index (χ0n) is 12.6. The van der Waals surface area contributed by atoms with Gasteiger partial charge in [-0.25, -0.2) is 4.79 Å². The van der Waals surface area contributed by atoms with Gasteiger partial charge in [-0.2, -0.15) is 0 Å². The van der Waals surface area contributed by atoms with Crippen molar-refractivity contribution in [2.45, 2.75) is 6.92 Å². The van der Waals surface area contributed by atoms with Crippen LogP contribution in [0.2, 0.25) is 0 Å². The molecule has 0 bridgehead atoms. The van der Waals surface area contributed by atoms with E-state index in [1.807, 2.05) is 10.6 Å². The molecule has 1 aromatic rings. The van der Waals surface area contributed by atoms with E-state index in [2.05, 4.69) is 0 Å². The first-order chi connectivity index (χ1) is 11.4. The van der Waals surface area contributed by atoms with Crippen LogP contribution in [-0.4, -0.2) is 37.0 Å². The van der Waals surface area contributed by atoms with E-state index in [9.17, 15) is 24.3 Å². The number of urea groups is 1. The molecule has 1 saturated heterocycles. The molecule has 0 spiro atoms. The number of carboxylic acid groups (broad SMARTS) is 1. The summed E-state index contributed by atoms with van der Waals surface area (Å²) in [7, 11) is 0. The number of carbonyl (C=O) groups is 4. The van der Waals surface area contributed by atoms with Gasteiger partial charge in [-0.1, -0.05) is 12.1 Å². The first-order valence-corrected chi connectivity index (χ1v) is 6.89. The van der Waals surface area contributed by atoms with Gasteiger partial charge in [0, 0.05) is 5.56 Å². The van der Waals surface area contributed by atoms with Crippen molar-refractivity contribution in [1.82, 2.24) is 10.6 Å². The first-order valence-electron chi connectivity index (χ1n) is 6.89. The number of hydrogen-bond acceptors (Lipinski definition) is 7. The molecule has 2 N–H and O–H groups in total. The maximum absolute atomic E-state index is 11.8. The van der Waals surface area contributed by atoms with Crippen LogP contribution in [0.3, 0.4) is 0 Å². The Hall–Kier alpha value is -3.36. The summed E-state index contributed by atoms with van der Waals surface area (Å²) in [6.45, 7) is 1.27. The van der Waals surface area contributed by atoms with Crippen molar-refractivity contribution < 1.29 is 33.8 Å². The maximum Gasteiger partial charge on any atom is 0.328 e. The predicted molar refractivity (Wildman–Crippen MR) is 77.8 cm³/mol. The number of carboxylic acids is 1.